The second-order valence-corrected chi connectivity index (χ2v) is 4.84. The first-order chi connectivity index (χ1) is 9.45. The van der Waals surface area contributed by atoms with E-state index >= 15 is 0 Å². The fraction of sp³-hybridized carbons (Fsp3) is 0.200. The Morgan fingerprint density at radius 3 is 2.30 bits per heavy atom. The van der Waals surface area contributed by atoms with Crippen molar-refractivity contribution < 1.29 is 19.2 Å². The zero-order valence-electron chi connectivity index (χ0n) is 11.4. The Morgan fingerprint density at radius 1 is 1.05 bits per heavy atom. The Morgan fingerprint density at radius 2 is 1.70 bits per heavy atom. The lowest BCUT2D eigenvalue weighted by atomic mass is 9.79. The molecule has 0 aliphatic carbocycles. The third-order valence-corrected chi connectivity index (χ3v) is 2.94. The van der Waals surface area contributed by atoms with Gasteiger partial charge in [0.2, 0.25) is 0 Å². The summed E-state index contributed by atoms with van der Waals surface area (Å²) in [6, 6.07) is 10.0. The van der Waals surface area contributed by atoms with Crippen LogP contribution in [0.1, 0.15) is 16.7 Å². The number of hydrogen-bond acceptors (Lipinski definition) is 3. The Kier molecular flexibility index (Phi) is 4.42. The molecule has 104 valence electrons. The van der Waals surface area contributed by atoms with Gasteiger partial charge in [0.25, 0.3) is 0 Å². The van der Waals surface area contributed by atoms with Crippen molar-refractivity contribution in [3.8, 4) is 5.75 Å². The van der Waals surface area contributed by atoms with Gasteiger partial charge in [-0.15, -0.1) is 0 Å². The van der Waals surface area contributed by atoms with Crippen molar-refractivity contribution in [2.24, 2.45) is 0 Å². The molecule has 0 radical (unpaired) electrons. The molecule has 0 saturated heterocycles. The molecule has 0 saturated carbocycles. The molecule has 0 aliphatic rings. The first-order valence-corrected chi connectivity index (χ1v) is 6.31. The van der Waals surface area contributed by atoms with Crippen molar-refractivity contribution in [1.29, 1.82) is 0 Å². The van der Waals surface area contributed by atoms with Crippen LogP contribution in [0.2, 0.25) is 0 Å². The minimum atomic E-state index is -1.82. The van der Waals surface area contributed by atoms with Crippen LogP contribution in [-0.2, 0) is 6.61 Å². The maximum atomic E-state index is 13.3. The second-order valence-electron chi connectivity index (χ2n) is 4.84. The quantitative estimate of drug-likeness (QED) is 0.834. The van der Waals surface area contributed by atoms with Crippen molar-refractivity contribution in [2.75, 3.05) is 0 Å². The molecule has 0 unspecified atom stereocenters. The summed E-state index contributed by atoms with van der Waals surface area (Å²) in [7, 11) is -1.82. The van der Waals surface area contributed by atoms with Crippen molar-refractivity contribution in [3.05, 3.63) is 58.9 Å². The summed E-state index contributed by atoms with van der Waals surface area (Å²) >= 11 is 0. The summed E-state index contributed by atoms with van der Waals surface area (Å²) in [6.07, 6.45) is 0. The van der Waals surface area contributed by atoms with Gasteiger partial charge in [0.1, 0.15) is 18.2 Å². The van der Waals surface area contributed by atoms with E-state index in [1.165, 1.54) is 12.1 Å². The summed E-state index contributed by atoms with van der Waals surface area (Å²) in [5.41, 5.74) is 2.73. The van der Waals surface area contributed by atoms with Gasteiger partial charge >= 0.3 is 7.12 Å². The first-order valence-electron chi connectivity index (χ1n) is 6.31. The van der Waals surface area contributed by atoms with Gasteiger partial charge in [-0.25, -0.2) is 4.39 Å². The predicted molar refractivity (Wildman–Crippen MR) is 76.5 cm³/mol. The van der Waals surface area contributed by atoms with Crippen molar-refractivity contribution in [2.45, 2.75) is 20.5 Å². The maximum Gasteiger partial charge on any atom is 0.491 e. The molecule has 2 rings (SSSR count). The predicted octanol–water partition coefficient (Wildman–Crippen LogP) is 1.70. The highest BCUT2D eigenvalue weighted by atomic mass is 19.1. The number of ether oxygens (including phenoxy) is 1. The number of aryl methyl sites for hydroxylation is 2. The normalized spacial score (nSPS) is 10.4. The third-order valence-electron chi connectivity index (χ3n) is 2.94. The molecular formula is C15H16BFO3. The summed E-state index contributed by atoms with van der Waals surface area (Å²) in [4.78, 5) is 0. The lowest BCUT2D eigenvalue weighted by Crippen LogP contribution is -2.33. The van der Waals surface area contributed by atoms with Gasteiger partial charge in [-0.1, -0.05) is 18.2 Å². The van der Waals surface area contributed by atoms with Crippen LogP contribution < -0.4 is 10.2 Å². The maximum absolute atomic E-state index is 13.3. The largest absolute Gasteiger partial charge is 0.491 e. The van der Waals surface area contributed by atoms with Crippen LogP contribution in [0, 0.1) is 19.7 Å². The molecule has 5 heteroatoms. The highest BCUT2D eigenvalue weighted by molar-refractivity contribution is 6.58. The zero-order valence-corrected chi connectivity index (χ0v) is 11.4. The van der Waals surface area contributed by atoms with Gasteiger partial charge in [0.15, 0.2) is 0 Å². The van der Waals surface area contributed by atoms with E-state index in [4.69, 9.17) is 14.8 Å². The lowest BCUT2D eigenvalue weighted by molar-refractivity contribution is 0.305. The van der Waals surface area contributed by atoms with Crippen molar-refractivity contribution in [3.63, 3.8) is 0 Å². The van der Waals surface area contributed by atoms with Gasteiger partial charge < -0.3 is 14.8 Å². The fourth-order valence-corrected chi connectivity index (χ4v) is 2.06. The van der Waals surface area contributed by atoms with E-state index < -0.39 is 12.9 Å². The molecule has 0 aliphatic heterocycles. The van der Waals surface area contributed by atoms with Gasteiger partial charge in [-0.3, -0.25) is 0 Å². The highest BCUT2D eigenvalue weighted by Crippen LogP contribution is 2.17. The Balaban J connectivity index is 2.12. The molecule has 0 amide bonds. The van der Waals surface area contributed by atoms with E-state index in [0.717, 1.165) is 16.9 Å². The topological polar surface area (TPSA) is 49.7 Å². The summed E-state index contributed by atoms with van der Waals surface area (Å²) in [6.45, 7) is 4.21. The molecule has 0 fully saturated rings. The van der Waals surface area contributed by atoms with Crippen LogP contribution in [0.5, 0.6) is 5.75 Å². The minimum Gasteiger partial charge on any atom is -0.489 e. The molecule has 3 nitrogen and oxygen atoms in total. The van der Waals surface area contributed by atoms with E-state index in [2.05, 4.69) is 0 Å². The Bertz CT molecular complexity index is 594. The smallest absolute Gasteiger partial charge is 0.489 e. The standard InChI is InChI=1S/C15H16BFO3/c1-10-5-11(2)7-13(6-10)20-9-12-3-4-15(17)14(8-12)16(18)19/h3-8,18-19H,9H2,1-2H3. The van der Waals surface area contributed by atoms with Gasteiger partial charge in [0, 0.05) is 5.46 Å². The van der Waals surface area contributed by atoms with Gasteiger partial charge in [-0.05, 0) is 48.7 Å². The molecule has 2 aromatic carbocycles. The average Bonchev–Trinajstić information content (AvgIpc) is 2.36. The van der Waals surface area contributed by atoms with E-state index in [1.54, 1.807) is 6.07 Å². The summed E-state index contributed by atoms with van der Waals surface area (Å²) in [5, 5.41) is 18.1. The monoisotopic (exact) mass is 274 g/mol. The van der Waals surface area contributed by atoms with Crippen LogP contribution >= 0.6 is 0 Å². The minimum absolute atomic E-state index is 0.147. The number of rotatable bonds is 4. The Hall–Kier alpha value is -1.85. The third kappa shape index (κ3) is 3.59. The number of hydrogen-bond donors (Lipinski definition) is 2. The first kappa shape index (κ1) is 14.6. The van der Waals surface area contributed by atoms with E-state index in [9.17, 15) is 4.39 Å². The van der Waals surface area contributed by atoms with Gasteiger partial charge in [0.05, 0.1) is 0 Å². The lowest BCUT2D eigenvalue weighted by Gasteiger charge is -2.10. The fourth-order valence-electron chi connectivity index (χ4n) is 2.06. The molecule has 0 spiro atoms. The summed E-state index contributed by atoms with van der Waals surface area (Å²) in [5.74, 6) is 0.0908. The van der Waals surface area contributed by atoms with E-state index in [-0.39, 0.29) is 12.1 Å². The van der Waals surface area contributed by atoms with Crippen LogP contribution in [0.3, 0.4) is 0 Å². The molecule has 2 N–H and O–H groups in total. The molecule has 0 bridgehead atoms. The van der Waals surface area contributed by atoms with Crippen LogP contribution in [0.25, 0.3) is 0 Å². The SMILES string of the molecule is Cc1cc(C)cc(OCc2ccc(F)c(B(O)O)c2)c1. The van der Waals surface area contributed by atoms with E-state index in [1.807, 2.05) is 32.0 Å². The van der Waals surface area contributed by atoms with Crippen molar-refractivity contribution >= 4 is 12.6 Å². The van der Waals surface area contributed by atoms with Crippen molar-refractivity contribution in [1.82, 2.24) is 0 Å². The molecular weight excluding hydrogens is 258 g/mol. The second kappa shape index (κ2) is 6.07. The molecule has 0 atom stereocenters. The highest BCUT2D eigenvalue weighted by Gasteiger charge is 2.16. The number of benzene rings is 2. The van der Waals surface area contributed by atoms with Crippen LogP contribution in [0.4, 0.5) is 4.39 Å². The van der Waals surface area contributed by atoms with Crippen LogP contribution in [0.15, 0.2) is 36.4 Å². The molecule has 2 aromatic rings. The zero-order chi connectivity index (χ0) is 14.7. The number of halogens is 1. The Labute approximate surface area is 117 Å². The van der Waals surface area contributed by atoms with Crippen LogP contribution in [-0.4, -0.2) is 17.2 Å². The molecule has 0 aromatic heterocycles. The molecule has 20 heavy (non-hydrogen) atoms. The summed E-state index contributed by atoms with van der Waals surface area (Å²) < 4.78 is 19.0. The average molecular weight is 274 g/mol. The molecule has 0 heterocycles. The van der Waals surface area contributed by atoms with Gasteiger partial charge in [-0.2, -0.15) is 0 Å². The van der Waals surface area contributed by atoms with E-state index in [0.29, 0.717) is 5.56 Å².